The van der Waals surface area contributed by atoms with Crippen molar-refractivity contribution in [1.82, 2.24) is 0 Å². The lowest BCUT2D eigenvalue weighted by atomic mass is 10.0. The van der Waals surface area contributed by atoms with Gasteiger partial charge in [-0.2, -0.15) is 0 Å². The van der Waals surface area contributed by atoms with Crippen LogP contribution in [0.2, 0.25) is 0 Å². The van der Waals surface area contributed by atoms with E-state index in [1.54, 1.807) is 0 Å². The summed E-state index contributed by atoms with van der Waals surface area (Å²) >= 11 is 13.8. The van der Waals surface area contributed by atoms with E-state index in [0.29, 0.717) is 6.42 Å². The van der Waals surface area contributed by atoms with E-state index < -0.39 is 11.2 Å². The average molecular weight is 438 g/mol. The summed E-state index contributed by atoms with van der Waals surface area (Å²) < 4.78 is 9.51. The third-order valence-electron chi connectivity index (χ3n) is 3.99. The normalized spacial score (nSPS) is 11.0. The predicted octanol–water partition coefficient (Wildman–Crippen LogP) is 9.14. The number of carbonyl (C=O) groups is 1. The van der Waals surface area contributed by atoms with Crippen LogP contribution in [0.3, 0.4) is 0 Å². The number of carboxylic acid groups (broad SMARTS) is 1. The minimum atomic E-state index is -3.22. The van der Waals surface area contributed by atoms with Gasteiger partial charge in [0.25, 0.3) is 0 Å². The van der Waals surface area contributed by atoms with Gasteiger partial charge in [0.1, 0.15) is 0 Å². The Morgan fingerprint density at radius 1 is 0.680 bits per heavy atom. The topological polar surface area (TPSA) is 54.4 Å². The van der Waals surface area contributed by atoms with Gasteiger partial charge < -0.3 is 5.11 Å². The van der Waals surface area contributed by atoms with E-state index in [2.05, 4.69) is 40.6 Å². The van der Waals surface area contributed by atoms with E-state index in [0.717, 1.165) is 12.8 Å². The Kier molecular flexibility index (Phi) is 23.2. The maximum absolute atomic E-state index is 10.3. The molecular weight excluding hydrogens is 402 g/mol. The van der Waals surface area contributed by atoms with Crippen molar-refractivity contribution in [3.05, 3.63) is 0 Å². The van der Waals surface area contributed by atoms with Gasteiger partial charge in [0, 0.05) is 6.42 Å². The Morgan fingerprint density at radius 3 is 1.16 bits per heavy atom. The molecule has 0 heterocycles. The zero-order chi connectivity index (χ0) is 19.4. The van der Waals surface area contributed by atoms with Crippen LogP contribution in [-0.2, 0) is 9.36 Å². The van der Waals surface area contributed by atoms with Crippen molar-refractivity contribution >= 4 is 44.9 Å². The van der Waals surface area contributed by atoms with Gasteiger partial charge in [0.05, 0.1) is 0 Å². The van der Waals surface area contributed by atoms with E-state index >= 15 is 0 Å². The molecule has 152 valence electrons. The highest BCUT2D eigenvalue weighted by Crippen LogP contribution is 2.61. The van der Waals surface area contributed by atoms with E-state index in [4.69, 9.17) is 5.11 Å². The van der Waals surface area contributed by atoms with Crippen molar-refractivity contribution in [2.45, 2.75) is 110 Å². The SMILES string of the molecule is CCCCCCCCCCCCCCCCCC(=O)O.O=P(Cl)(Cl)Cl. The Balaban J connectivity index is 0. The van der Waals surface area contributed by atoms with Gasteiger partial charge >= 0.3 is 11.2 Å². The van der Waals surface area contributed by atoms with Gasteiger partial charge in [0.2, 0.25) is 0 Å². The first-order chi connectivity index (χ1) is 11.8. The van der Waals surface area contributed by atoms with Crippen LogP contribution in [-0.4, -0.2) is 11.1 Å². The molecule has 0 rings (SSSR count). The van der Waals surface area contributed by atoms with Crippen molar-refractivity contribution in [2.75, 3.05) is 0 Å². The molecule has 25 heavy (non-hydrogen) atoms. The molecular formula is C18H36Cl3O3P. The molecule has 0 radical (unpaired) electrons. The molecule has 0 unspecified atom stereocenters. The summed E-state index contributed by atoms with van der Waals surface area (Å²) in [5.74, 6) is -0.653. The number of carboxylic acids is 1. The fourth-order valence-corrected chi connectivity index (χ4v) is 2.65. The van der Waals surface area contributed by atoms with Gasteiger partial charge in [0.15, 0.2) is 0 Å². The lowest BCUT2D eigenvalue weighted by Crippen LogP contribution is -1.93. The molecule has 0 bridgehead atoms. The number of unbranched alkanes of at least 4 members (excludes halogenated alkanes) is 14. The van der Waals surface area contributed by atoms with E-state index in [9.17, 15) is 9.36 Å². The molecule has 3 nitrogen and oxygen atoms in total. The maximum atomic E-state index is 10.3. The second-order valence-electron chi connectivity index (χ2n) is 6.49. The molecule has 0 spiro atoms. The van der Waals surface area contributed by atoms with Crippen molar-refractivity contribution in [2.24, 2.45) is 0 Å². The number of rotatable bonds is 16. The molecule has 0 aromatic heterocycles. The zero-order valence-corrected chi connectivity index (χ0v) is 18.8. The van der Waals surface area contributed by atoms with Crippen molar-refractivity contribution in [3.8, 4) is 0 Å². The molecule has 0 saturated heterocycles. The molecule has 0 aliphatic carbocycles. The Hall–Kier alpha value is 0.570. The fourth-order valence-electron chi connectivity index (χ4n) is 2.65. The summed E-state index contributed by atoms with van der Waals surface area (Å²) in [6.45, 7) is 2.27. The molecule has 0 aromatic rings. The average Bonchev–Trinajstić information content (AvgIpc) is 2.49. The number of halogens is 3. The van der Waals surface area contributed by atoms with E-state index in [-0.39, 0.29) is 0 Å². The lowest BCUT2D eigenvalue weighted by molar-refractivity contribution is -0.137. The molecule has 1 N–H and O–H groups in total. The summed E-state index contributed by atoms with van der Waals surface area (Å²) in [5.41, 5.74) is 0. The molecule has 0 fully saturated rings. The van der Waals surface area contributed by atoms with Crippen molar-refractivity contribution < 1.29 is 14.5 Å². The predicted molar refractivity (Wildman–Crippen MR) is 112 cm³/mol. The maximum Gasteiger partial charge on any atom is 0.339 e. The van der Waals surface area contributed by atoms with Crippen LogP contribution >= 0.6 is 38.9 Å². The Labute approximate surface area is 168 Å². The molecule has 0 aromatic carbocycles. The third kappa shape index (κ3) is 40.5. The largest absolute Gasteiger partial charge is 0.481 e. The van der Waals surface area contributed by atoms with Crippen LogP contribution in [0.15, 0.2) is 0 Å². The van der Waals surface area contributed by atoms with Crippen LogP contribution in [0.4, 0.5) is 0 Å². The van der Waals surface area contributed by atoms with Crippen LogP contribution in [0, 0.1) is 0 Å². The Bertz CT molecular complexity index is 327. The molecule has 0 amide bonds. The van der Waals surface area contributed by atoms with Crippen molar-refractivity contribution in [3.63, 3.8) is 0 Å². The summed E-state index contributed by atoms with van der Waals surface area (Å²) in [4.78, 5) is 10.3. The number of hydrogen-bond donors (Lipinski definition) is 1. The molecule has 0 saturated carbocycles. The molecule has 0 atom stereocenters. The molecule has 7 heteroatoms. The highest BCUT2D eigenvalue weighted by Gasteiger charge is 2.03. The Morgan fingerprint density at radius 2 is 0.920 bits per heavy atom. The fraction of sp³-hybridized carbons (Fsp3) is 0.944. The van der Waals surface area contributed by atoms with Crippen molar-refractivity contribution in [1.29, 1.82) is 0 Å². The molecule has 0 aliphatic rings. The first-order valence-corrected chi connectivity index (χ1v) is 14.1. The summed E-state index contributed by atoms with van der Waals surface area (Å²) in [6, 6.07) is 0. The number of aliphatic carboxylic acids is 1. The van der Waals surface area contributed by atoms with Crippen LogP contribution in [0.25, 0.3) is 0 Å². The second kappa shape index (κ2) is 20.9. The second-order valence-corrected chi connectivity index (χ2v) is 13.1. The van der Waals surface area contributed by atoms with Gasteiger partial charge in [-0.1, -0.05) is 96.8 Å². The first-order valence-electron chi connectivity index (χ1n) is 9.68. The van der Waals surface area contributed by atoms with Gasteiger partial charge in [-0.05, 0) is 40.1 Å². The highest BCUT2D eigenvalue weighted by atomic mass is 36.0. The number of hydrogen-bond acceptors (Lipinski definition) is 2. The summed E-state index contributed by atoms with van der Waals surface area (Å²) in [5, 5.41) is 5.30. The zero-order valence-electron chi connectivity index (χ0n) is 15.7. The standard InChI is InChI=1S/C18H36O2.Cl3OP/c1-2-3-4-5-6-7-8-9-10-11-12-13-14-15-16-17-18(19)20;1-5(2,3)4/h2-17H2,1H3,(H,19,20);. The molecule has 0 aliphatic heterocycles. The van der Waals surface area contributed by atoms with E-state index in [1.165, 1.54) is 83.5 Å². The first kappa shape index (κ1) is 27.8. The summed E-state index contributed by atoms with van der Waals surface area (Å²) in [6.07, 6.45) is 20.2. The lowest BCUT2D eigenvalue weighted by Gasteiger charge is -2.03. The minimum absolute atomic E-state index is 0.345. The monoisotopic (exact) mass is 436 g/mol. The quantitative estimate of drug-likeness (QED) is 0.193. The summed E-state index contributed by atoms with van der Waals surface area (Å²) in [7, 11) is 0. The van der Waals surface area contributed by atoms with Gasteiger partial charge in [-0.3, -0.25) is 9.36 Å². The third-order valence-corrected chi connectivity index (χ3v) is 3.99. The van der Waals surface area contributed by atoms with Crippen LogP contribution in [0.5, 0.6) is 0 Å². The highest BCUT2D eigenvalue weighted by molar-refractivity contribution is 8.24. The van der Waals surface area contributed by atoms with E-state index in [1.807, 2.05) is 0 Å². The van der Waals surface area contributed by atoms with Gasteiger partial charge in [-0.25, -0.2) is 0 Å². The minimum Gasteiger partial charge on any atom is -0.481 e. The van der Waals surface area contributed by atoms with Gasteiger partial charge in [-0.15, -0.1) is 0 Å². The van der Waals surface area contributed by atoms with Crippen LogP contribution < -0.4 is 0 Å². The van der Waals surface area contributed by atoms with Crippen LogP contribution in [0.1, 0.15) is 110 Å². The smallest absolute Gasteiger partial charge is 0.339 e.